The van der Waals surface area contributed by atoms with Crippen LogP contribution in [-0.4, -0.2) is 12.1 Å². The first-order valence-electron chi connectivity index (χ1n) is 15.9. The predicted octanol–water partition coefficient (Wildman–Crippen LogP) is 11.6. The monoisotopic (exact) mass is 609 g/mol. The summed E-state index contributed by atoms with van der Waals surface area (Å²) >= 11 is 0. The average molecular weight is 610 g/mol. The number of allylic oxidation sites excluding steroid dienone is 1. The van der Waals surface area contributed by atoms with E-state index in [0.717, 1.165) is 50.5 Å². The summed E-state index contributed by atoms with van der Waals surface area (Å²) in [5, 5.41) is 6.44. The molecule has 0 atom stereocenters. The predicted molar refractivity (Wildman–Crippen MR) is 198 cm³/mol. The fourth-order valence-electron chi connectivity index (χ4n) is 6.20. The minimum absolute atomic E-state index is 0.0677. The highest BCUT2D eigenvalue weighted by atomic mass is 16.1. The third-order valence-electron chi connectivity index (χ3n) is 8.83. The molecular weight excluding hydrogens is 574 g/mol. The number of aldehydes is 1. The Labute approximate surface area is 275 Å². The summed E-state index contributed by atoms with van der Waals surface area (Å²) in [6.07, 6.45) is 4.12. The van der Waals surface area contributed by atoms with Crippen LogP contribution in [0.3, 0.4) is 0 Å². The SMILES string of the molecule is CC(C)(C)c1ccc(N(c2ccc3ccccc3c2)c2ccc3cc(C=CC(=O)c4cc5ccccc5cc4C=O)ccc3c2)cc1. The van der Waals surface area contributed by atoms with Crippen molar-refractivity contribution in [1.82, 2.24) is 0 Å². The molecule has 3 nitrogen and oxygen atoms in total. The van der Waals surface area contributed by atoms with Gasteiger partial charge in [0, 0.05) is 28.2 Å². The first-order valence-corrected chi connectivity index (χ1v) is 15.9. The van der Waals surface area contributed by atoms with Gasteiger partial charge in [0.15, 0.2) is 12.1 Å². The third-order valence-corrected chi connectivity index (χ3v) is 8.83. The second-order valence-corrected chi connectivity index (χ2v) is 13.1. The molecule has 0 bridgehead atoms. The number of carbonyl (C=O) groups excluding carboxylic acids is 2. The summed E-state index contributed by atoms with van der Waals surface area (Å²) < 4.78 is 0. The van der Waals surface area contributed by atoms with Crippen molar-refractivity contribution in [3.05, 3.63) is 168 Å². The van der Waals surface area contributed by atoms with Gasteiger partial charge in [0.25, 0.3) is 0 Å². The lowest BCUT2D eigenvalue weighted by Crippen LogP contribution is -2.13. The molecule has 0 saturated heterocycles. The lowest BCUT2D eigenvalue weighted by Gasteiger charge is -2.27. The van der Waals surface area contributed by atoms with Crippen LogP contribution < -0.4 is 4.90 Å². The fourth-order valence-corrected chi connectivity index (χ4v) is 6.20. The number of hydrogen-bond acceptors (Lipinski definition) is 3. The molecule has 0 unspecified atom stereocenters. The van der Waals surface area contributed by atoms with Gasteiger partial charge in [-0.2, -0.15) is 0 Å². The minimum Gasteiger partial charge on any atom is -0.310 e. The Morgan fingerprint density at radius 3 is 1.70 bits per heavy atom. The zero-order chi connectivity index (χ0) is 32.5. The highest BCUT2D eigenvalue weighted by Crippen LogP contribution is 2.38. The molecule has 0 saturated carbocycles. The Morgan fingerprint density at radius 2 is 1.06 bits per heavy atom. The van der Waals surface area contributed by atoms with Gasteiger partial charge < -0.3 is 4.90 Å². The number of benzene rings is 7. The number of nitrogens with zero attached hydrogens (tertiary/aromatic N) is 1. The van der Waals surface area contributed by atoms with Crippen molar-refractivity contribution < 1.29 is 9.59 Å². The molecule has 3 heteroatoms. The zero-order valence-corrected chi connectivity index (χ0v) is 26.8. The Kier molecular flexibility index (Phi) is 7.75. The summed E-state index contributed by atoms with van der Waals surface area (Å²) in [5.41, 5.74) is 6.32. The van der Waals surface area contributed by atoms with Gasteiger partial charge in [-0.25, -0.2) is 0 Å². The van der Waals surface area contributed by atoms with E-state index in [1.165, 1.54) is 16.3 Å². The normalized spacial score (nSPS) is 11.8. The van der Waals surface area contributed by atoms with Crippen LogP contribution in [0.2, 0.25) is 0 Å². The smallest absolute Gasteiger partial charge is 0.186 e. The van der Waals surface area contributed by atoms with E-state index in [0.29, 0.717) is 11.1 Å². The number of anilines is 3. The summed E-state index contributed by atoms with van der Waals surface area (Å²) in [7, 11) is 0. The van der Waals surface area contributed by atoms with Crippen molar-refractivity contribution in [2.24, 2.45) is 0 Å². The lowest BCUT2D eigenvalue weighted by molar-refractivity contribution is 0.103. The van der Waals surface area contributed by atoms with Crippen molar-refractivity contribution in [1.29, 1.82) is 0 Å². The molecule has 0 radical (unpaired) electrons. The van der Waals surface area contributed by atoms with Gasteiger partial charge in [0.2, 0.25) is 0 Å². The Morgan fingerprint density at radius 1 is 0.553 bits per heavy atom. The largest absolute Gasteiger partial charge is 0.310 e. The molecule has 47 heavy (non-hydrogen) atoms. The standard InChI is InChI=1S/C44H35NO2/c1-44(2,3)38-17-21-39(22-18-38)45(40-19-15-31-8-4-5-10-33(31)26-40)41-20-16-35-24-30(12-14-36(35)27-41)13-23-43(47)42-28-34-11-7-6-9-32(34)25-37(42)29-46/h4-29H,1-3H3. The van der Waals surface area contributed by atoms with Crippen LogP contribution in [0.15, 0.2) is 146 Å². The highest BCUT2D eigenvalue weighted by Gasteiger charge is 2.17. The molecule has 7 aromatic carbocycles. The van der Waals surface area contributed by atoms with Crippen LogP contribution in [0.1, 0.15) is 52.6 Å². The van der Waals surface area contributed by atoms with E-state index in [4.69, 9.17) is 0 Å². The molecule has 228 valence electrons. The van der Waals surface area contributed by atoms with Gasteiger partial charge in [-0.1, -0.05) is 112 Å². The molecule has 0 fully saturated rings. The highest BCUT2D eigenvalue weighted by molar-refractivity contribution is 6.13. The molecule has 0 amide bonds. The number of ketones is 1. The third kappa shape index (κ3) is 6.08. The van der Waals surface area contributed by atoms with Crippen LogP contribution in [0.5, 0.6) is 0 Å². The summed E-state index contributed by atoms with van der Waals surface area (Å²) in [5.74, 6) is -0.197. The molecule has 7 aromatic rings. The number of hydrogen-bond donors (Lipinski definition) is 0. The zero-order valence-electron chi connectivity index (χ0n) is 26.8. The van der Waals surface area contributed by atoms with Gasteiger partial charge in [0.05, 0.1) is 0 Å². The first kappa shape index (κ1) is 29.9. The lowest BCUT2D eigenvalue weighted by atomic mass is 9.87. The van der Waals surface area contributed by atoms with Crippen LogP contribution in [0, 0.1) is 0 Å². The van der Waals surface area contributed by atoms with Gasteiger partial charge in [0.1, 0.15) is 0 Å². The van der Waals surface area contributed by atoms with Crippen molar-refractivity contribution in [2.75, 3.05) is 4.90 Å². The van der Waals surface area contributed by atoms with Crippen molar-refractivity contribution in [3.63, 3.8) is 0 Å². The summed E-state index contributed by atoms with van der Waals surface area (Å²) in [6.45, 7) is 6.70. The average Bonchev–Trinajstić information content (AvgIpc) is 3.09. The maximum atomic E-state index is 13.2. The summed E-state index contributed by atoms with van der Waals surface area (Å²) in [4.78, 5) is 27.3. The van der Waals surface area contributed by atoms with E-state index in [1.54, 1.807) is 18.2 Å². The van der Waals surface area contributed by atoms with Crippen LogP contribution >= 0.6 is 0 Å². The molecule has 0 aliphatic carbocycles. The second-order valence-electron chi connectivity index (χ2n) is 13.1. The van der Waals surface area contributed by atoms with E-state index in [-0.39, 0.29) is 11.2 Å². The maximum Gasteiger partial charge on any atom is 0.186 e. The number of rotatable bonds is 7. The Balaban J connectivity index is 1.23. The summed E-state index contributed by atoms with van der Waals surface area (Å²) in [6, 6.07) is 47.9. The van der Waals surface area contributed by atoms with Gasteiger partial charge in [-0.05, 0) is 110 Å². The van der Waals surface area contributed by atoms with Crippen molar-refractivity contribution >= 4 is 67.5 Å². The molecule has 0 aromatic heterocycles. The number of fused-ring (bicyclic) bond motifs is 3. The van der Waals surface area contributed by atoms with Gasteiger partial charge >= 0.3 is 0 Å². The van der Waals surface area contributed by atoms with Crippen molar-refractivity contribution in [3.8, 4) is 0 Å². The minimum atomic E-state index is -0.197. The molecule has 0 aliphatic rings. The molecule has 0 N–H and O–H groups in total. The fraction of sp³-hybridized carbons (Fsp3) is 0.0909. The topological polar surface area (TPSA) is 37.4 Å². The molecule has 7 rings (SSSR count). The Hall–Kier alpha value is -5.80. The van der Waals surface area contributed by atoms with Crippen LogP contribution in [-0.2, 0) is 5.41 Å². The molecule has 0 spiro atoms. The van der Waals surface area contributed by atoms with E-state index >= 15 is 0 Å². The quantitative estimate of drug-likeness (QED) is 0.102. The van der Waals surface area contributed by atoms with Gasteiger partial charge in [-0.15, -0.1) is 0 Å². The van der Waals surface area contributed by atoms with E-state index in [1.807, 2.05) is 36.4 Å². The molecular formula is C44H35NO2. The first-order chi connectivity index (χ1) is 22.8. The van der Waals surface area contributed by atoms with Crippen LogP contribution in [0.4, 0.5) is 17.1 Å². The van der Waals surface area contributed by atoms with Crippen molar-refractivity contribution in [2.45, 2.75) is 26.2 Å². The molecule has 0 heterocycles. The number of carbonyl (C=O) groups is 2. The van der Waals surface area contributed by atoms with Crippen LogP contribution in [0.25, 0.3) is 38.4 Å². The van der Waals surface area contributed by atoms with Gasteiger partial charge in [-0.3, -0.25) is 9.59 Å². The second kappa shape index (κ2) is 12.2. The van der Waals surface area contributed by atoms with E-state index in [9.17, 15) is 9.59 Å². The maximum absolute atomic E-state index is 13.2. The van der Waals surface area contributed by atoms with E-state index < -0.39 is 0 Å². The molecule has 0 aliphatic heterocycles. The van der Waals surface area contributed by atoms with E-state index in [2.05, 4.69) is 123 Å². The Bertz CT molecular complexity index is 2320.